The van der Waals surface area contributed by atoms with Crippen molar-refractivity contribution < 1.29 is 19.4 Å². The molecule has 16 heavy (non-hydrogen) atoms. The van der Waals surface area contributed by atoms with Gasteiger partial charge in [0.1, 0.15) is 5.60 Å². The zero-order chi connectivity index (χ0) is 12.3. The fourth-order valence-electron chi connectivity index (χ4n) is 1.45. The van der Waals surface area contributed by atoms with Crippen LogP contribution in [0.2, 0.25) is 0 Å². The zero-order valence-electron chi connectivity index (χ0n) is 9.78. The molecule has 1 amide bonds. The molecule has 0 aliphatic carbocycles. The average molecular weight is 229 g/mol. The lowest BCUT2D eigenvalue weighted by atomic mass is 10.2. The highest BCUT2D eigenvalue weighted by molar-refractivity contribution is 5.79. The Morgan fingerprint density at radius 2 is 2.06 bits per heavy atom. The van der Waals surface area contributed by atoms with Gasteiger partial charge in [-0.1, -0.05) is 0 Å². The van der Waals surface area contributed by atoms with Gasteiger partial charge < -0.3 is 20.0 Å². The van der Waals surface area contributed by atoms with Gasteiger partial charge in [0, 0.05) is 19.6 Å². The third-order valence-corrected chi connectivity index (χ3v) is 2.14. The summed E-state index contributed by atoms with van der Waals surface area (Å²) in [6, 6.07) is -0.955. The second-order valence-electron chi connectivity index (χ2n) is 4.71. The van der Waals surface area contributed by atoms with E-state index in [-0.39, 0.29) is 6.54 Å². The first-order chi connectivity index (χ1) is 7.31. The van der Waals surface area contributed by atoms with Crippen molar-refractivity contribution in [1.29, 1.82) is 0 Å². The van der Waals surface area contributed by atoms with Gasteiger partial charge in [0.15, 0.2) is 0 Å². The van der Waals surface area contributed by atoms with E-state index in [9.17, 15) is 14.7 Å². The third-order valence-electron chi connectivity index (χ3n) is 2.14. The van der Waals surface area contributed by atoms with Gasteiger partial charge in [0.25, 0.3) is 0 Å². The van der Waals surface area contributed by atoms with Crippen LogP contribution < -0.4 is 10.4 Å². The SMILES string of the molecule is CC(C)(C)OC(=O)N1CCNC[C@H]1C(=O)[O-]. The number of carboxylic acid groups (broad SMARTS) is 1. The first-order valence-corrected chi connectivity index (χ1v) is 5.22. The smallest absolute Gasteiger partial charge is 0.410 e. The first-order valence-electron chi connectivity index (χ1n) is 5.22. The maximum atomic E-state index is 11.7. The maximum absolute atomic E-state index is 11.7. The number of carboxylic acids is 1. The molecule has 6 heteroatoms. The van der Waals surface area contributed by atoms with Gasteiger partial charge in [-0.2, -0.15) is 0 Å². The summed E-state index contributed by atoms with van der Waals surface area (Å²) in [5, 5.41) is 13.7. The fraction of sp³-hybridized carbons (Fsp3) is 0.800. The molecule has 1 aliphatic rings. The minimum atomic E-state index is -1.27. The van der Waals surface area contributed by atoms with E-state index < -0.39 is 23.7 Å². The molecule has 0 aromatic carbocycles. The van der Waals surface area contributed by atoms with Gasteiger partial charge >= 0.3 is 6.09 Å². The molecule has 0 radical (unpaired) electrons. The number of hydrogen-bond donors (Lipinski definition) is 1. The lowest BCUT2D eigenvalue weighted by Crippen LogP contribution is -2.61. The van der Waals surface area contributed by atoms with E-state index in [1.807, 2.05) is 0 Å². The van der Waals surface area contributed by atoms with Gasteiger partial charge in [-0.3, -0.25) is 4.90 Å². The number of aliphatic carboxylic acids is 1. The van der Waals surface area contributed by atoms with Crippen molar-refractivity contribution in [2.24, 2.45) is 0 Å². The van der Waals surface area contributed by atoms with Gasteiger partial charge in [-0.05, 0) is 20.8 Å². The molecule has 1 fully saturated rings. The maximum Gasteiger partial charge on any atom is 0.410 e. The van der Waals surface area contributed by atoms with Crippen molar-refractivity contribution in [2.45, 2.75) is 32.4 Å². The molecule has 0 unspecified atom stereocenters. The first kappa shape index (κ1) is 12.8. The van der Waals surface area contributed by atoms with Crippen molar-refractivity contribution in [2.75, 3.05) is 19.6 Å². The summed E-state index contributed by atoms with van der Waals surface area (Å²) in [6.07, 6.45) is -0.608. The van der Waals surface area contributed by atoms with Gasteiger partial charge in [0.05, 0.1) is 12.0 Å². The summed E-state index contributed by atoms with van der Waals surface area (Å²) in [5.41, 5.74) is -0.627. The Morgan fingerprint density at radius 3 is 2.56 bits per heavy atom. The Morgan fingerprint density at radius 1 is 1.44 bits per heavy atom. The Hall–Kier alpha value is -1.30. The second-order valence-corrected chi connectivity index (χ2v) is 4.71. The lowest BCUT2D eigenvalue weighted by molar-refractivity contribution is -0.311. The lowest BCUT2D eigenvalue weighted by Gasteiger charge is -2.37. The number of amides is 1. The van der Waals surface area contributed by atoms with E-state index in [1.165, 1.54) is 4.90 Å². The Bertz CT molecular complexity index is 285. The molecule has 0 spiro atoms. The molecule has 1 N–H and O–H groups in total. The van der Waals surface area contributed by atoms with E-state index in [0.29, 0.717) is 13.1 Å². The van der Waals surface area contributed by atoms with E-state index >= 15 is 0 Å². The van der Waals surface area contributed by atoms with Crippen molar-refractivity contribution >= 4 is 12.1 Å². The number of nitrogens with one attached hydrogen (secondary N) is 1. The Balaban J connectivity index is 2.68. The summed E-state index contributed by atoms with van der Waals surface area (Å²) in [6.45, 7) is 6.28. The van der Waals surface area contributed by atoms with Gasteiger partial charge in [-0.25, -0.2) is 4.79 Å². The Labute approximate surface area is 94.6 Å². The molecule has 1 heterocycles. The number of carbonyl (C=O) groups is 2. The molecule has 0 aromatic rings. The number of nitrogens with zero attached hydrogens (tertiary/aromatic N) is 1. The van der Waals surface area contributed by atoms with Crippen LogP contribution in [0.3, 0.4) is 0 Å². The number of rotatable bonds is 1. The average Bonchev–Trinajstić information content (AvgIpc) is 2.15. The van der Waals surface area contributed by atoms with Crippen LogP contribution in [0.15, 0.2) is 0 Å². The van der Waals surface area contributed by atoms with Crippen LogP contribution >= 0.6 is 0 Å². The van der Waals surface area contributed by atoms with Crippen LogP contribution in [-0.2, 0) is 9.53 Å². The summed E-state index contributed by atoms with van der Waals surface area (Å²) < 4.78 is 5.13. The molecule has 0 aromatic heterocycles. The Kier molecular flexibility index (Phi) is 3.74. The summed E-state index contributed by atoms with van der Waals surface area (Å²) in [7, 11) is 0. The molecule has 0 bridgehead atoms. The summed E-state index contributed by atoms with van der Waals surface area (Å²) in [5.74, 6) is -1.27. The van der Waals surface area contributed by atoms with Gasteiger partial charge in [-0.15, -0.1) is 0 Å². The third kappa shape index (κ3) is 3.37. The van der Waals surface area contributed by atoms with Crippen LogP contribution in [0.25, 0.3) is 0 Å². The number of hydrogen-bond acceptors (Lipinski definition) is 5. The van der Waals surface area contributed by atoms with Crippen molar-refractivity contribution in [3.8, 4) is 0 Å². The number of carbonyl (C=O) groups excluding carboxylic acids is 2. The highest BCUT2D eigenvalue weighted by Crippen LogP contribution is 2.12. The van der Waals surface area contributed by atoms with Crippen LogP contribution in [0, 0.1) is 0 Å². The molecular formula is C10H17N2O4-. The van der Waals surface area contributed by atoms with E-state index in [2.05, 4.69) is 5.32 Å². The quantitative estimate of drug-likeness (QED) is 0.620. The summed E-state index contributed by atoms with van der Waals surface area (Å²) in [4.78, 5) is 23.7. The monoisotopic (exact) mass is 229 g/mol. The van der Waals surface area contributed by atoms with Crippen molar-refractivity contribution in [1.82, 2.24) is 10.2 Å². The molecular weight excluding hydrogens is 212 g/mol. The van der Waals surface area contributed by atoms with Crippen LogP contribution in [-0.4, -0.2) is 48.2 Å². The molecule has 1 aliphatic heterocycles. The number of ether oxygens (including phenoxy) is 1. The van der Waals surface area contributed by atoms with Crippen molar-refractivity contribution in [3.63, 3.8) is 0 Å². The molecule has 6 nitrogen and oxygen atoms in total. The minimum absolute atomic E-state index is 0.196. The van der Waals surface area contributed by atoms with Crippen molar-refractivity contribution in [3.05, 3.63) is 0 Å². The standard InChI is InChI=1S/C10H18N2O4/c1-10(2,3)16-9(15)12-5-4-11-6-7(12)8(13)14/h7,11H,4-6H2,1-3H3,(H,13,14)/p-1/t7-/m0/s1. The predicted octanol–water partition coefficient (Wildman–Crippen LogP) is -1.05. The fourth-order valence-corrected chi connectivity index (χ4v) is 1.45. The minimum Gasteiger partial charge on any atom is -0.548 e. The molecule has 1 saturated heterocycles. The molecule has 0 saturated carbocycles. The molecule has 1 atom stereocenters. The predicted molar refractivity (Wildman–Crippen MR) is 54.6 cm³/mol. The van der Waals surface area contributed by atoms with Gasteiger partial charge in [0.2, 0.25) is 0 Å². The zero-order valence-corrected chi connectivity index (χ0v) is 9.78. The highest BCUT2D eigenvalue weighted by Gasteiger charge is 2.30. The summed E-state index contributed by atoms with van der Waals surface area (Å²) >= 11 is 0. The topological polar surface area (TPSA) is 81.7 Å². The second kappa shape index (κ2) is 4.69. The molecule has 1 rings (SSSR count). The highest BCUT2D eigenvalue weighted by atomic mass is 16.6. The van der Waals surface area contributed by atoms with Crippen LogP contribution in [0.5, 0.6) is 0 Å². The van der Waals surface area contributed by atoms with E-state index in [1.54, 1.807) is 20.8 Å². The van der Waals surface area contributed by atoms with E-state index in [0.717, 1.165) is 0 Å². The van der Waals surface area contributed by atoms with Crippen LogP contribution in [0.1, 0.15) is 20.8 Å². The largest absolute Gasteiger partial charge is 0.548 e. The van der Waals surface area contributed by atoms with Crippen LogP contribution in [0.4, 0.5) is 4.79 Å². The normalized spacial score (nSPS) is 21.7. The van der Waals surface area contributed by atoms with E-state index in [4.69, 9.17) is 4.74 Å². The molecule has 92 valence electrons. The number of piperazine rings is 1.